The van der Waals surface area contributed by atoms with E-state index in [4.69, 9.17) is 0 Å². The van der Waals surface area contributed by atoms with Gasteiger partial charge in [0.15, 0.2) is 5.65 Å². The summed E-state index contributed by atoms with van der Waals surface area (Å²) < 4.78 is 0. The zero-order chi connectivity index (χ0) is 17.1. The van der Waals surface area contributed by atoms with Crippen LogP contribution in [0.4, 0.5) is 10.6 Å². The molecule has 0 fully saturated rings. The van der Waals surface area contributed by atoms with Crippen LogP contribution in [0.25, 0.3) is 22.4 Å². The number of benzene rings is 1. The highest BCUT2D eigenvalue weighted by atomic mass is 16.2. The molecule has 0 radical (unpaired) electrons. The molecule has 24 heavy (non-hydrogen) atoms. The number of carbonyl (C=O) groups excluding carboxylic acids is 1. The standard InChI is InChI=1S/C18H19N5O/c1-4-19-18(24)23-16-9-8-14-17(22-16)21-15(10-20-14)13-7-5-6-11(2)12(13)3/h5-10H,4H2,1-3H3,(H2,19,21,22,23,24). The smallest absolute Gasteiger partial charge is 0.320 e. The van der Waals surface area contributed by atoms with Crippen LogP contribution in [0.5, 0.6) is 0 Å². The predicted molar refractivity (Wildman–Crippen MR) is 94.9 cm³/mol. The van der Waals surface area contributed by atoms with E-state index in [0.29, 0.717) is 23.5 Å². The molecule has 6 heteroatoms. The van der Waals surface area contributed by atoms with Gasteiger partial charge in [-0.1, -0.05) is 18.2 Å². The lowest BCUT2D eigenvalue weighted by molar-refractivity contribution is 0.252. The number of fused-ring (bicyclic) bond motifs is 1. The second-order valence-corrected chi connectivity index (χ2v) is 5.53. The molecule has 0 saturated carbocycles. The first kappa shape index (κ1) is 15.9. The van der Waals surface area contributed by atoms with Crippen LogP contribution in [-0.2, 0) is 0 Å². The summed E-state index contributed by atoms with van der Waals surface area (Å²) in [7, 11) is 0. The van der Waals surface area contributed by atoms with Crippen molar-refractivity contribution in [2.75, 3.05) is 11.9 Å². The number of aryl methyl sites for hydroxylation is 1. The van der Waals surface area contributed by atoms with Crippen LogP contribution in [0.2, 0.25) is 0 Å². The van der Waals surface area contributed by atoms with Crippen LogP contribution in [0, 0.1) is 13.8 Å². The highest BCUT2D eigenvalue weighted by molar-refractivity contribution is 5.89. The summed E-state index contributed by atoms with van der Waals surface area (Å²) in [4.78, 5) is 25.1. The summed E-state index contributed by atoms with van der Waals surface area (Å²) >= 11 is 0. The van der Waals surface area contributed by atoms with Crippen molar-refractivity contribution in [2.24, 2.45) is 0 Å². The minimum absolute atomic E-state index is 0.289. The zero-order valence-electron chi connectivity index (χ0n) is 13.9. The Morgan fingerprint density at radius 1 is 1.12 bits per heavy atom. The van der Waals surface area contributed by atoms with Crippen molar-refractivity contribution in [3.05, 3.63) is 47.7 Å². The number of amides is 2. The van der Waals surface area contributed by atoms with E-state index in [-0.39, 0.29) is 6.03 Å². The Kier molecular flexibility index (Phi) is 4.37. The Bertz CT molecular complexity index is 907. The molecule has 2 aromatic heterocycles. The average molecular weight is 321 g/mol. The van der Waals surface area contributed by atoms with Gasteiger partial charge in [0.1, 0.15) is 11.3 Å². The van der Waals surface area contributed by atoms with Crippen LogP contribution in [0.3, 0.4) is 0 Å². The highest BCUT2D eigenvalue weighted by Gasteiger charge is 2.09. The fourth-order valence-corrected chi connectivity index (χ4v) is 2.45. The van der Waals surface area contributed by atoms with Gasteiger partial charge in [0.05, 0.1) is 11.9 Å². The third-order valence-electron chi connectivity index (χ3n) is 3.87. The number of rotatable bonds is 3. The van der Waals surface area contributed by atoms with E-state index in [9.17, 15) is 4.79 Å². The van der Waals surface area contributed by atoms with Crippen molar-refractivity contribution in [3.8, 4) is 11.3 Å². The predicted octanol–water partition coefficient (Wildman–Crippen LogP) is 3.45. The van der Waals surface area contributed by atoms with Crippen LogP contribution < -0.4 is 10.6 Å². The van der Waals surface area contributed by atoms with E-state index < -0.39 is 0 Å². The normalized spacial score (nSPS) is 10.6. The number of nitrogens with zero attached hydrogens (tertiary/aromatic N) is 3. The quantitative estimate of drug-likeness (QED) is 0.774. The van der Waals surface area contributed by atoms with Gasteiger partial charge in [-0.15, -0.1) is 0 Å². The second kappa shape index (κ2) is 6.62. The van der Waals surface area contributed by atoms with Crippen molar-refractivity contribution in [1.82, 2.24) is 20.3 Å². The second-order valence-electron chi connectivity index (χ2n) is 5.53. The molecule has 2 amide bonds. The first-order valence-corrected chi connectivity index (χ1v) is 7.83. The van der Waals surface area contributed by atoms with Gasteiger partial charge in [-0.05, 0) is 44.0 Å². The summed E-state index contributed by atoms with van der Waals surface area (Å²) in [5, 5.41) is 5.35. The molecule has 2 N–H and O–H groups in total. The fraction of sp³-hybridized carbons (Fsp3) is 0.222. The number of nitrogens with one attached hydrogen (secondary N) is 2. The molecule has 0 spiro atoms. The molecule has 1 aromatic carbocycles. The third-order valence-corrected chi connectivity index (χ3v) is 3.87. The lowest BCUT2D eigenvalue weighted by Crippen LogP contribution is -2.28. The van der Waals surface area contributed by atoms with E-state index in [2.05, 4.69) is 45.5 Å². The molecule has 0 aliphatic carbocycles. The van der Waals surface area contributed by atoms with Crippen molar-refractivity contribution < 1.29 is 4.79 Å². The SMILES string of the molecule is CCNC(=O)Nc1ccc2ncc(-c3cccc(C)c3C)nc2n1. The van der Waals surface area contributed by atoms with E-state index >= 15 is 0 Å². The van der Waals surface area contributed by atoms with Crippen LogP contribution >= 0.6 is 0 Å². The maximum absolute atomic E-state index is 11.6. The molecule has 0 saturated heterocycles. The van der Waals surface area contributed by atoms with Gasteiger partial charge in [0, 0.05) is 12.1 Å². The Hall–Kier alpha value is -3.02. The molecule has 0 bridgehead atoms. The number of urea groups is 1. The average Bonchev–Trinajstić information content (AvgIpc) is 2.57. The van der Waals surface area contributed by atoms with Gasteiger partial charge < -0.3 is 5.32 Å². The molecule has 3 aromatic rings. The third kappa shape index (κ3) is 3.17. The maximum atomic E-state index is 11.6. The molecule has 0 unspecified atom stereocenters. The summed E-state index contributed by atoms with van der Waals surface area (Å²) in [5.41, 5.74) is 5.37. The van der Waals surface area contributed by atoms with Gasteiger partial charge in [-0.2, -0.15) is 0 Å². The molecular formula is C18H19N5O. The number of carbonyl (C=O) groups is 1. The number of aromatic nitrogens is 3. The Morgan fingerprint density at radius 3 is 2.75 bits per heavy atom. The number of hydrogen-bond donors (Lipinski definition) is 2. The lowest BCUT2D eigenvalue weighted by atomic mass is 10.0. The Labute approximate surface area is 140 Å². The van der Waals surface area contributed by atoms with Crippen molar-refractivity contribution in [3.63, 3.8) is 0 Å². The van der Waals surface area contributed by atoms with Gasteiger partial charge in [0.2, 0.25) is 0 Å². The molecule has 6 nitrogen and oxygen atoms in total. The van der Waals surface area contributed by atoms with Gasteiger partial charge in [0.25, 0.3) is 0 Å². The molecule has 2 heterocycles. The first-order valence-electron chi connectivity index (χ1n) is 7.83. The van der Waals surface area contributed by atoms with E-state index in [1.54, 1.807) is 18.3 Å². The van der Waals surface area contributed by atoms with E-state index in [1.807, 2.05) is 19.1 Å². The topological polar surface area (TPSA) is 79.8 Å². The Balaban J connectivity index is 2.00. The van der Waals surface area contributed by atoms with Crippen LogP contribution in [0.1, 0.15) is 18.1 Å². The monoisotopic (exact) mass is 321 g/mol. The number of hydrogen-bond acceptors (Lipinski definition) is 4. The van der Waals surface area contributed by atoms with Crippen LogP contribution in [0.15, 0.2) is 36.5 Å². The van der Waals surface area contributed by atoms with Gasteiger partial charge in [-0.25, -0.2) is 14.8 Å². The lowest BCUT2D eigenvalue weighted by Gasteiger charge is -2.09. The molecule has 3 rings (SSSR count). The maximum Gasteiger partial charge on any atom is 0.320 e. The molecule has 122 valence electrons. The van der Waals surface area contributed by atoms with Crippen molar-refractivity contribution in [2.45, 2.75) is 20.8 Å². The van der Waals surface area contributed by atoms with Crippen molar-refractivity contribution >= 4 is 23.0 Å². The van der Waals surface area contributed by atoms with Gasteiger partial charge >= 0.3 is 6.03 Å². The minimum Gasteiger partial charge on any atom is -0.338 e. The number of pyridine rings is 1. The Morgan fingerprint density at radius 2 is 1.96 bits per heavy atom. The minimum atomic E-state index is -0.289. The molecule has 0 aliphatic heterocycles. The highest BCUT2D eigenvalue weighted by Crippen LogP contribution is 2.24. The fourth-order valence-electron chi connectivity index (χ4n) is 2.45. The molecule has 0 atom stereocenters. The molecular weight excluding hydrogens is 302 g/mol. The zero-order valence-corrected chi connectivity index (χ0v) is 13.9. The summed E-state index contributed by atoms with van der Waals surface area (Å²) in [5.74, 6) is 0.445. The van der Waals surface area contributed by atoms with Crippen molar-refractivity contribution in [1.29, 1.82) is 0 Å². The summed E-state index contributed by atoms with van der Waals surface area (Å²) in [6, 6.07) is 9.31. The van der Waals surface area contributed by atoms with Gasteiger partial charge in [-0.3, -0.25) is 10.3 Å². The summed E-state index contributed by atoms with van der Waals surface area (Å²) in [6.45, 7) is 6.54. The number of anilines is 1. The van der Waals surface area contributed by atoms with E-state index in [1.165, 1.54) is 11.1 Å². The first-order chi connectivity index (χ1) is 11.6. The largest absolute Gasteiger partial charge is 0.338 e. The van der Waals surface area contributed by atoms with E-state index in [0.717, 1.165) is 11.3 Å². The van der Waals surface area contributed by atoms with Crippen LogP contribution in [-0.4, -0.2) is 27.5 Å². The summed E-state index contributed by atoms with van der Waals surface area (Å²) in [6.07, 6.45) is 1.75. The molecule has 0 aliphatic rings.